The first-order valence-corrected chi connectivity index (χ1v) is 13.9. The highest BCUT2D eigenvalue weighted by atomic mass is 28.4. The molecule has 0 aliphatic heterocycles. The molecule has 20 heavy (non-hydrogen) atoms. The molecule has 112 valence electrons. The van der Waals surface area contributed by atoms with E-state index in [9.17, 15) is 4.79 Å². The van der Waals surface area contributed by atoms with Gasteiger partial charge in [-0.05, 0) is 57.3 Å². The van der Waals surface area contributed by atoms with E-state index in [1.54, 1.807) is 0 Å². The minimum atomic E-state index is -1.78. The van der Waals surface area contributed by atoms with Gasteiger partial charge in [-0.3, -0.25) is 4.79 Å². The van der Waals surface area contributed by atoms with E-state index in [2.05, 4.69) is 19.6 Å². The number of aryl methyl sites for hydroxylation is 1. The van der Waals surface area contributed by atoms with E-state index in [-0.39, 0.29) is 5.97 Å². The van der Waals surface area contributed by atoms with Gasteiger partial charge >= 0.3 is 0 Å². The van der Waals surface area contributed by atoms with Crippen molar-refractivity contribution in [2.75, 3.05) is 0 Å². The second kappa shape index (κ2) is 6.58. The Morgan fingerprint density at radius 3 is 2.15 bits per heavy atom. The van der Waals surface area contributed by atoms with E-state index in [4.69, 9.17) is 8.85 Å². The van der Waals surface area contributed by atoms with Crippen molar-refractivity contribution in [2.45, 2.75) is 52.1 Å². The SMILES string of the molecule is C[Si](C)(C)OC(=O)CCc1ccccc1O[Si](C)(C)C. The fourth-order valence-electron chi connectivity index (χ4n) is 1.77. The van der Waals surface area contributed by atoms with Gasteiger partial charge in [-0.15, -0.1) is 0 Å². The van der Waals surface area contributed by atoms with Crippen LogP contribution >= 0.6 is 0 Å². The van der Waals surface area contributed by atoms with Crippen LogP contribution in [0.25, 0.3) is 0 Å². The van der Waals surface area contributed by atoms with Crippen LogP contribution in [0.4, 0.5) is 0 Å². The summed E-state index contributed by atoms with van der Waals surface area (Å²) < 4.78 is 11.5. The van der Waals surface area contributed by atoms with E-state index < -0.39 is 16.6 Å². The lowest BCUT2D eigenvalue weighted by atomic mass is 10.1. The van der Waals surface area contributed by atoms with Crippen LogP contribution in [0.1, 0.15) is 12.0 Å². The normalized spacial score (nSPS) is 12.1. The predicted molar refractivity (Wildman–Crippen MR) is 88.2 cm³/mol. The smallest absolute Gasteiger partial charge is 0.292 e. The summed E-state index contributed by atoms with van der Waals surface area (Å²) in [6.07, 6.45) is 1.08. The van der Waals surface area contributed by atoms with Gasteiger partial charge in [-0.2, -0.15) is 0 Å². The Hall–Kier alpha value is -1.08. The summed E-state index contributed by atoms with van der Waals surface area (Å²) in [6, 6.07) is 7.96. The van der Waals surface area contributed by atoms with Gasteiger partial charge < -0.3 is 8.85 Å². The van der Waals surface area contributed by atoms with Crippen LogP contribution in [0.3, 0.4) is 0 Å². The summed E-state index contributed by atoms with van der Waals surface area (Å²) in [6.45, 7) is 12.5. The van der Waals surface area contributed by atoms with E-state index in [1.165, 1.54) is 0 Å². The summed E-state index contributed by atoms with van der Waals surface area (Å²) in [5, 5.41) is 0. The predicted octanol–water partition coefficient (Wildman–Crippen LogP) is 4.21. The molecule has 0 saturated heterocycles. The molecule has 0 spiro atoms. The Kier molecular flexibility index (Phi) is 5.59. The third-order valence-electron chi connectivity index (χ3n) is 2.41. The number of benzene rings is 1. The largest absolute Gasteiger partial charge is 0.544 e. The van der Waals surface area contributed by atoms with E-state index in [1.807, 2.05) is 43.9 Å². The number of para-hydroxylation sites is 1. The van der Waals surface area contributed by atoms with Crippen molar-refractivity contribution < 1.29 is 13.6 Å². The van der Waals surface area contributed by atoms with Crippen LogP contribution in [-0.4, -0.2) is 22.6 Å². The molecule has 0 unspecified atom stereocenters. The number of hydrogen-bond acceptors (Lipinski definition) is 3. The first-order valence-electron chi connectivity index (χ1n) is 7.06. The molecular weight excluding hydrogens is 284 g/mol. The number of carbonyl (C=O) groups is 1. The van der Waals surface area contributed by atoms with E-state index in [0.717, 1.165) is 11.3 Å². The monoisotopic (exact) mass is 310 g/mol. The van der Waals surface area contributed by atoms with Gasteiger partial charge in [0.15, 0.2) is 0 Å². The Bertz CT molecular complexity index is 459. The molecule has 1 rings (SSSR count). The highest BCUT2D eigenvalue weighted by Gasteiger charge is 2.21. The third-order valence-corrected chi connectivity index (χ3v) is 4.08. The second-order valence-electron chi connectivity index (χ2n) is 6.91. The van der Waals surface area contributed by atoms with Crippen LogP contribution in [-0.2, 0) is 15.6 Å². The van der Waals surface area contributed by atoms with Crippen LogP contribution < -0.4 is 4.43 Å². The Labute approximate surface area is 124 Å². The van der Waals surface area contributed by atoms with Crippen molar-refractivity contribution in [1.82, 2.24) is 0 Å². The fourth-order valence-corrected chi connectivity index (χ4v) is 3.41. The van der Waals surface area contributed by atoms with Crippen molar-refractivity contribution in [2.24, 2.45) is 0 Å². The molecule has 0 N–H and O–H groups in total. The molecule has 0 saturated carbocycles. The zero-order chi connectivity index (χ0) is 15.4. The third kappa shape index (κ3) is 6.91. The number of rotatable bonds is 6. The molecule has 0 aromatic heterocycles. The molecule has 1 aromatic carbocycles. The van der Waals surface area contributed by atoms with Gasteiger partial charge in [0.2, 0.25) is 16.6 Å². The maximum absolute atomic E-state index is 11.8. The van der Waals surface area contributed by atoms with E-state index in [0.29, 0.717) is 12.8 Å². The molecule has 0 bridgehead atoms. The summed E-state index contributed by atoms with van der Waals surface area (Å²) >= 11 is 0. The molecular formula is C15H26O3Si2. The van der Waals surface area contributed by atoms with Gasteiger partial charge in [0, 0.05) is 6.42 Å². The van der Waals surface area contributed by atoms with Crippen molar-refractivity contribution in [3.63, 3.8) is 0 Å². The molecule has 0 radical (unpaired) electrons. The Balaban J connectivity index is 2.67. The summed E-state index contributed by atoms with van der Waals surface area (Å²) in [7, 11) is -3.42. The fraction of sp³-hybridized carbons (Fsp3) is 0.533. The zero-order valence-electron chi connectivity index (χ0n) is 13.4. The second-order valence-corrected chi connectivity index (χ2v) is 15.8. The minimum absolute atomic E-state index is 0.105. The maximum atomic E-state index is 11.8. The number of hydrogen-bond donors (Lipinski definition) is 0. The quantitative estimate of drug-likeness (QED) is 0.738. The van der Waals surface area contributed by atoms with Crippen molar-refractivity contribution in [3.8, 4) is 5.75 Å². The average Bonchev–Trinajstić information content (AvgIpc) is 2.23. The van der Waals surface area contributed by atoms with Crippen LogP contribution in [0.15, 0.2) is 24.3 Å². The lowest BCUT2D eigenvalue weighted by Crippen LogP contribution is -2.30. The molecule has 1 aromatic rings. The number of carbonyl (C=O) groups excluding carboxylic acids is 1. The highest BCUT2D eigenvalue weighted by molar-refractivity contribution is 6.71. The van der Waals surface area contributed by atoms with Crippen LogP contribution in [0.2, 0.25) is 39.3 Å². The molecule has 3 nitrogen and oxygen atoms in total. The van der Waals surface area contributed by atoms with Crippen molar-refractivity contribution in [1.29, 1.82) is 0 Å². The first kappa shape index (κ1) is 17.0. The molecule has 0 fully saturated rings. The van der Waals surface area contributed by atoms with Gasteiger partial charge in [-0.25, -0.2) is 0 Å². The van der Waals surface area contributed by atoms with E-state index >= 15 is 0 Å². The average molecular weight is 311 g/mol. The topological polar surface area (TPSA) is 35.5 Å². The highest BCUT2D eigenvalue weighted by Crippen LogP contribution is 2.23. The van der Waals surface area contributed by atoms with Crippen molar-refractivity contribution >= 4 is 22.6 Å². The van der Waals surface area contributed by atoms with Gasteiger partial charge in [0.1, 0.15) is 5.75 Å². The molecule has 0 aliphatic rings. The Morgan fingerprint density at radius 2 is 1.60 bits per heavy atom. The van der Waals surface area contributed by atoms with Crippen molar-refractivity contribution in [3.05, 3.63) is 29.8 Å². The first-order chi connectivity index (χ1) is 9.07. The summed E-state index contributed by atoms with van der Waals surface area (Å²) in [5.41, 5.74) is 1.09. The van der Waals surface area contributed by atoms with Gasteiger partial charge in [0.25, 0.3) is 5.97 Å². The lowest BCUT2D eigenvalue weighted by Gasteiger charge is -2.22. The minimum Gasteiger partial charge on any atom is -0.544 e. The molecule has 0 aliphatic carbocycles. The zero-order valence-corrected chi connectivity index (χ0v) is 15.4. The summed E-state index contributed by atoms with van der Waals surface area (Å²) in [5.74, 6) is 0.805. The maximum Gasteiger partial charge on any atom is 0.292 e. The van der Waals surface area contributed by atoms with Crippen LogP contribution in [0.5, 0.6) is 5.75 Å². The molecule has 0 atom stereocenters. The molecule has 5 heteroatoms. The van der Waals surface area contributed by atoms with Gasteiger partial charge in [-0.1, -0.05) is 18.2 Å². The lowest BCUT2D eigenvalue weighted by molar-refractivity contribution is -0.135. The summed E-state index contributed by atoms with van der Waals surface area (Å²) in [4.78, 5) is 11.8. The Morgan fingerprint density at radius 1 is 1.00 bits per heavy atom. The molecule has 0 amide bonds. The van der Waals surface area contributed by atoms with Crippen LogP contribution in [0, 0.1) is 0 Å². The van der Waals surface area contributed by atoms with Gasteiger partial charge in [0.05, 0.1) is 0 Å². The standard InChI is InChI=1S/C15H26O3Si2/c1-19(2,3)17-14-10-8-7-9-13(14)11-12-15(16)18-20(4,5)6/h7-10H,11-12H2,1-6H3. The molecule has 0 heterocycles.